The van der Waals surface area contributed by atoms with Crippen LogP contribution in [0.2, 0.25) is 0 Å². The fraction of sp³-hybridized carbons (Fsp3) is 0.944. The molecule has 0 aromatic rings. The fourth-order valence-electron chi connectivity index (χ4n) is 3.14. The van der Waals surface area contributed by atoms with Gasteiger partial charge in [0.05, 0.1) is 12.0 Å². The number of carbonyl (C=O) groups is 1. The Labute approximate surface area is 130 Å². The molecule has 0 atom stereocenters. The number of aliphatic carboxylic acids is 1. The molecule has 0 spiro atoms. The van der Waals surface area contributed by atoms with Crippen LogP contribution in [0.15, 0.2) is 0 Å². The molecule has 0 bridgehead atoms. The number of ether oxygens (including phenoxy) is 1. The van der Waals surface area contributed by atoms with Crippen LogP contribution < -0.4 is 0 Å². The Morgan fingerprint density at radius 1 is 0.905 bits per heavy atom. The first kappa shape index (κ1) is 18.5. The van der Waals surface area contributed by atoms with E-state index in [0.29, 0.717) is 6.10 Å². The zero-order valence-corrected chi connectivity index (χ0v) is 13.8. The lowest BCUT2D eigenvalue weighted by molar-refractivity contribution is -0.143. The minimum atomic E-state index is -0.632. The lowest BCUT2D eigenvalue weighted by Gasteiger charge is -2.26. The third-order valence-electron chi connectivity index (χ3n) is 4.62. The van der Waals surface area contributed by atoms with Gasteiger partial charge in [-0.2, -0.15) is 0 Å². The van der Waals surface area contributed by atoms with E-state index in [-0.39, 0.29) is 5.92 Å². The van der Waals surface area contributed by atoms with Crippen molar-refractivity contribution >= 4 is 5.97 Å². The summed E-state index contributed by atoms with van der Waals surface area (Å²) in [5.41, 5.74) is 0. The van der Waals surface area contributed by atoms with E-state index in [2.05, 4.69) is 6.92 Å². The van der Waals surface area contributed by atoms with Gasteiger partial charge < -0.3 is 9.84 Å². The monoisotopic (exact) mass is 298 g/mol. The van der Waals surface area contributed by atoms with Crippen LogP contribution in [0.25, 0.3) is 0 Å². The minimum Gasteiger partial charge on any atom is -0.481 e. The van der Waals surface area contributed by atoms with E-state index < -0.39 is 5.97 Å². The first-order chi connectivity index (χ1) is 10.2. The standard InChI is InChI=1S/C18H34O3/c1-2-3-4-5-6-7-8-9-10-15-21-17-13-11-16(12-14-17)18(19)20/h16-17H,2-15H2,1H3,(H,19,20). The smallest absolute Gasteiger partial charge is 0.306 e. The zero-order valence-electron chi connectivity index (χ0n) is 13.8. The summed E-state index contributed by atoms with van der Waals surface area (Å²) in [6.07, 6.45) is 15.8. The summed E-state index contributed by atoms with van der Waals surface area (Å²) in [5.74, 6) is -0.759. The van der Waals surface area contributed by atoms with E-state index in [4.69, 9.17) is 9.84 Å². The largest absolute Gasteiger partial charge is 0.481 e. The molecule has 1 fully saturated rings. The topological polar surface area (TPSA) is 46.5 Å². The molecule has 1 aliphatic rings. The molecule has 3 heteroatoms. The Hall–Kier alpha value is -0.570. The molecule has 3 nitrogen and oxygen atoms in total. The highest BCUT2D eigenvalue weighted by atomic mass is 16.5. The maximum atomic E-state index is 10.9. The summed E-state index contributed by atoms with van der Waals surface area (Å²) in [5, 5.41) is 8.95. The molecular weight excluding hydrogens is 264 g/mol. The van der Waals surface area contributed by atoms with Crippen molar-refractivity contribution in [2.75, 3.05) is 6.61 Å². The molecule has 0 aromatic heterocycles. The average molecular weight is 298 g/mol. The molecule has 0 aliphatic heterocycles. The zero-order chi connectivity index (χ0) is 15.3. The number of unbranched alkanes of at least 4 members (excludes halogenated alkanes) is 8. The van der Waals surface area contributed by atoms with Crippen LogP contribution in [0.4, 0.5) is 0 Å². The van der Waals surface area contributed by atoms with Gasteiger partial charge in [-0.25, -0.2) is 0 Å². The lowest BCUT2D eigenvalue weighted by atomic mass is 9.87. The second-order valence-corrected chi connectivity index (χ2v) is 6.51. The fourth-order valence-corrected chi connectivity index (χ4v) is 3.14. The van der Waals surface area contributed by atoms with Crippen molar-refractivity contribution in [3.8, 4) is 0 Å². The molecule has 0 heterocycles. The van der Waals surface area contributed by atoms with Crippen LogP contribution in [0.1, 0.15) is 90.4 Å². The third kappa shape index (κ3) is 9.13. The molecule has 0 amide bonds. The summed E-state index contributed by atoms with van der Waals surface area (Å²) in [4.78, 5) is 10.9. The Morgan fingerprint density at radius 2 is 1.43 bits per heavy atom. The molecule has 21 heavy (non-hydrogen) atoms. The predicted molar refractivity (Wildman–Crippen MR) is 86.6 cm³/mol. The predicted octanol–water partition coefficient (Wildman–Crippen LogP) is 5.18. The van der Waals surface area contributed by atoms with Crippen LogP contribution >= 0.6 is 0 Å². The number of carboxylic acid groups (broad SMARTS) is 1. The van der Waals surface area contributed by atoms with Crippen LogP contribution in [0, 0.1) is 5.92 Å². The maximum Gasteiger partial charge on any atom is 0.306 e. The summed E-state index contributed by atoms with van der Waals surface area (Å²) < 4.78 is 5.88. The van der Waals surface area contributed by atoms with Crippen molar-refractivity contribution < 1.29 is 14.6 Å². The van der Waals surface area contributed by atoms with E-state index in [1.54, 1.807) is 0 Å². The Kier molecular flexibility index (Phi) is 10.6. The minimum absolute atomic E-state index is 0.127. The van der Waals surface area contributed by atoms with Crippen molar-refractivity contribution in [1.29, 1.82) is 0 Å². The molecule has 0 saturated heterocycles. The number of hydrogen-bond donors (Lipinski definition) is 1. The van der Waals surface area contributed by atoms with Gasteiger partial charge in [0.15, 0.2) is 0 Å². The van der Waals surface area contributed by atoms with Crippen molar-refractivity contribution in [2.24, 2.45) is 5.92 Å². The van der Waals surface area contributed by atoms with Gasteiger partial charge in [0.25, 0.3) is 0 Å². The van der Waals surface area contributed by atoms with Crippen molar-refractivity contribution in [2.45, 2.75) is 96.5 Å². The molecule has 0 unspecified atom stereocenters. The summed E-state index contributed by atoms with van der Waals surface area (Å²) in [7, 11) is 0. The van der Waals surface area contributed by atoms with Crippen LogP contribution in [0.3, 0.4) is 0 Å². The normalized spacial score (nSPS) is 22.3. The number of rotatable bonds is 12. The third-order valence-corrected chi connectivity index (χ3v) is 4.62. The van der Waals surface area contributed by atoms with Gasteiger partial charge in [-0.3, -0.25) is 4.79 Å². The van der Waals surface area contributed by atoms with Gasteiger partial charge in [-0.05, 0) is 32.1 Å². The second-order valence-electron chi connectivity index (χ2n) is 6.51. The highest BCUT2D eigenvalue weighted by Crippen LogP contribution is 2.26. The van der Waals surface area contributed by atoms with E-state index in [0.717, 1.165) is 38.7 Å². The molecule has 1 N–H and O–H groups in total. The quantitative estimate of drug-likeness (QED) is 0.505. The van der Waals surface area contributed by atoms with Crippen LogP contribution in [-0.4, -0.2) is 23.8 Å². The Balaban J connectivity index is 1.84. The van der Waals surface area contributed by atoms with E-state index >= 15 is 0 Å². The highest BCUT2D eigenvalue weighted by molar-refractivity contribution is 5.70. The van der Waals surface area contributed by atoms with Gasteiger partial charge in [0, 0.05) is 6.61 Å². The molecule has 0 aromatic carbocycles. The summed E-state index contributed by atoms with van der Waals surface area (Å²) in [6.45, 7) is 3.12. The van der Waals surface area contributed by atoms with Gasteiger partial charge in [-0.15, -0.1) is 0 Å². The Morgan fingerprint density at radius 3 is 1.95 bits per heavy atom. The number of hydrogen-bond acceptors (Lipinski definition) is 2. The van der Waals surface area contributed by atoms with Crippen molar-refractivity contribution in [3.63, 3.8) is 0 Å². The maximum absolute atomic E-state index is 10.9. The van der Waals surface area contributed by atoms with E-state index in [9.17, 15) is 4.79 Å². The number of carboxylic acids is 1. The highest BCUT2D eigenvalue weighted by Gasteiger charge is 2.25. The molecule has 1 rings (SSSR count). The first-order valence-corrected chi connectivity index (χ1v) is 9.08. The first-order valence-electron chi connectivity index (χ1n) is 9.08. The second kappa shape index (κ2) is 12.0. The SMILES string of the molecule is CCCCCCCCCCCOC1CCC(C(=O)O)CC1. The molecule has 124 valence electrons. The lowest BCUT2D eigenvalue weighted by Crippen LogP contribution is -2.26. The Bertz CT molecular complexity index is 257. The van der Waals surface area contributed by atoms with Gasteiger partial charge >= 0.3 is 5.97 Å². The summed E-state index contributed by atoms with van der Waals surface area (Å²) in [6, 6.07) is 0. The van der Waals surface area contributed by atoms with Gasteiger partial charge in [0.2, 0.25) is 0 Å². The molecule has 1 aliphatic carbocycles. The molecule has 1 saturated carbocycles. The molecular formula is C18H34O3. The van der Waals surface area contributed by atoms with Crippen LogP contribution in [-0.2, 0) is 9.53 Å². The summed E-state index contributed by atoms with van der Waals surface area (Å²) >= 11 is 0. The van der Waals surface area contributed by atoms with Crippen LogP contribution in [0.5, 0.6) is 0 Å². The van der Waals surface area contributed by atoms with Gasteiger partial charge in [-0.1, -0.05) is 58.3 Å². The van der Waals surface area contributed by atoms with Crippen molar-refractivity contribution in [3.05, 3.63) is 0 Å². The van der Waals surface area contributed by atoms with Crippen molar-refractivity contribution in [1.82, 2.24) is 0 Å². The molecule has 0 radical (unpaired) electrons. The average Bonchev–Trinajstić information content (AvgIpc) is 2.49. The van der Waals surface area contributed by atoms with E-state index in [1.165, 1.54) is 51.4 Å². The van der Waals surface area contributed by atoms with E-state index in [1.807, 2.05) is 0 Å². The van der Waals surface area contributed by atoms with Gasteiger partial charge in [0.1, 0.15) is 0 Å².